The Morgan fingerprint density at radius 1 is 1.05 bits per heavy atom. The summed E-state index contributed by atoms with van der Waals surface area (Å²) in [4.78, 5) is 0. The zero-order valence-electron chi connectivity index (χ0n) is 11.4. The molecule has 0 radical (unpaired) electrons. The molecule has 0 bridgehead atoms. The molecular weight excluding hydrogens is 321 g/mol. The highest BCUT2D eigenvalue weighted by molar-refractivity contribution is 9.10. The summed E-state index contributed by atoms with van der Waals surface area (Å²) in [6.07, 6.45) is 0.133. The molecule has 0 heterocycles. The summed E-state index contributed by atoms with van der Waals surface area (Å²) < 4.78 is 19.7. The maximum Gasteiger partial charge on any atom is 0.124 e. The number of hydrogen-bond acceptors (Lipinski definition) is 2. The number of rotatable bonds is 4. The van der Waals surface area contributed by atoms with Crippen LogP contribution in [-0.4, -0.2) is 6.10 Å². The Bertz CT molecular complexity index is 563. The van der Waals surface area contributed by atoms with Crippen molar-refractivity contribution in [2.45, 2.75) is 26.0 Å². The van der Waals surface area contributed by atoms with Gasteiger partial charge in [-0.15, -0.1) is 0 Å². The second kappa shape index (κ2) is 6.37. The quantitative estimate of drug-likeness (QED) is 0.895. The second-order valence-corrected chi connectivity index (χ2v) is 5.83. The molecule has 0 saturated carbocycles. The third-order valence-corrected chi connectivity index (χ3v) is 3.31. The van der Waals surface area contributed by atoms with Crippen LogP contribution < -0.4 is 10.5 Å². The highest BCUT2D eigenvalue weighted by atomic mass is 79.9. The fourth-order valence-corrected chi connectivity index (χ4v) is 2.46. The SMILES string of the molecule is CC(C)Oc1ccc(C(N)c2cc(F)cc(Br)c2)cc1. The van der Waals surface area contributed by atoms with Crippen LogP contribution in [0.1, 0.15) is 31.0 Å². The fourth-order valence-electron chi connectivity index (χ4n) is 1.97. The van der Waals surface area contributed by atoms with E-state index in [-0.39, 0.29) is 18.0 Å². The topological polar surface area (TPSA) is 35.2 Å². The molecule has 0 fully saturated rings. The van der Waals surface area contributed by atoms with Gasteiger partial charge in [-0.25, -0.2) is 4.39 Å². The van der Waals surface area contributed by atoms with Gasteiger partial charge < -0.3 is 10.5 Å². The molecule has 106 valence electrons. The van der Waals surface area contributed by atoms with Gasteiger partial charge in [0.1, 0.15) is 11.6 Å². The Balaban J connectivity index is 2.22. The van der Waals surface area contributed by atoms with E-state index in [1.165, 1.54) is 12.1 Å². The fraction of sp³-hybridized carbons (Fsp3) is 0.250. The zero-order valence-corrected chi connectivity index (χ0v) is 13.0. The Morgan fingerprint density at radius 2 is 1.70 bits per heavy atom. The Hall–Kier alpha value is -1.39. The first-order valence-electron chi connectivity index (χ1n) is 6.44. The van der Waals surface area contributed by atoms with Crippen molar-refractivity contribution in [3.8, 4) is 5.75 Å². The third kappa shape index (κ3) is 3.81. The third-order valence-electron chi connectivity index (χ3n) is 2.86. The van der Waals surface area contributed by atoms with E-state index in [2.05, 4.69) is 15.9 Å². The minimum absolute atomic E-state index is 0.133. The highest BCUT2D eigenvalue weighted by Gasteiger charge is 2.11. The normalized spacial score (nSPS) is 12.5. The van der Waals surface area contributed by atoms with Gasteiger partial charge in [0.25, 0.3) is 0 Å². The van der Waals surface area contributed by atoms with Gasteiger partial charge in [-0.05, 0) is 55.3 Å². The number of halogens is 2. The predicted molar refractivity (Wildman–Crippen MR) is 82.3 cm³/mol. The molecule has 0 aliphatic carbocycles. The molecule has 0 aliphatic rings. The molecule has 0 aliphatic heterocycles. The van der Waals surface area contributed by atoms with Crippen molar-refractivity contribution in [1.29, 1.82) is 0 Å². The van der Waals surface area contributed by atoms with Gasteiger partial charge in [0.05, 0.1) is 12.1 Å². The van der Waals surface area contributed by atoms with Crippen LogP contribution >= 0.6 is 15.9 Å². The van der Waals surface area contributed by atoms with Crippen LogP contribution in [0.5, 0.6) is 5.75 Å². The van der Waals surface area contributed by atoms with Gasteiger partial charge >= 0.3 is 0 Å². The summed E-state index contributed by atoms with van der Waals surface area (Å²) in [6, 6.07) is 11.9. The van der Waals surface area contributed by atoms with E-state index in [9.17, 15) is 4.39 Å². The van der Waals surface area contributed by atoms with Crippen LogP contribution in [0.15, 0.2) is 46.9 Å². The molecule has 0 spiro atoms. The summed E-state index contributed by atoms with van der Waals surface area (Å²) in [6.45, 7) is 3.95. The van der Waals surface area contributed by atoms with Crippen LogP contribution in [0.2, 0.25) is 0 Å². The van der Waals surface area contributed by atoms with Gasteiger partial charge in [-0.3, -0.25) is 0 Å². The van der Waals surface area contributed by atoms with Crippen molar-refractivity contribution >= 4 is 15.9 Å². The molecule has 0 amide bonds. The lowest BCUT2D eigenvalue weighted by Crippen LogP contribution is -2.12. The lowest BCUT2D eigenvalue weighted by molar-refractivity contribution is 0.242. The Morgan fingerprint density at radius 3 is 2.25 bits per heavy atom. The molecule has 20 heavy (non-hydrogen) atoms. The Kier molecular flexibility index (Phi) is 4.78. The standard InChI is InChI=1S/C16H17BrFNO/c1-10(2)20-15-5-3-11(4-6-15)16(19)12-7-13(17)9-14(18)8-12/h3-10,16H,19H2,1-2H3. The largest absolute Gasteiger partial charge is 0.491 e. The summed E-state index contributed by atoms with van der Waals surface area (Å²) in [5.74, 6) is 0.501. The van der Waals surface area contributed by atoms with Gasteiger partial charge in [-0.1, -0.05) is 28.1 Å². The molecule has 2 nitrogen and oxygen atoms in total. The maximum absolute atomic E-state index is 13.4. The number of benzene rings is 2. The van der Waals surface area contributed by atoms with Crippen LogP contribution in [0, 0.1) is 5.82 Å². The number of hydrogen-bond donors (Lipinski definition) is 1. The second-order valence-electron chi connectivity index (χ2n) is 4.92. The summed E-state index contributed by atoms with van der Waals surface area (Å²) >= 11 is 3.28. The molecule has 2 aromatic rings. The molecule has 2 rings (SSSR count). The van der Waals surface area contributed by atoms with Gasteiger partial charge in [-0.2, -0.15) is 0 Å². The van der Waals surface area contributed by atoms with Crippen LogP contribution in [0.25, 0.3) is 0 Å². The lowest BCUT2D eigenvalue weighted by atomic mass is 9.99. The van der Waals surface area contributed by atoms with E-state index in [4.69, 9.17) is 10.5 Å². The van der Waals surface area contributed by atoms with Gasteiger partial charge in [0, 0.05) is 4.47 Å². The van der Waals surface area contributed by atoms with Crippen molar-refractivity contribution in [3.63, 3.8) is 0 Å². The maximum atomic E-state index is 13.4. The minimum atomic E-state index is -0.366. The average molecular weight is 338 g/mol. The van der Waals surface area contributed by atoms with E-state index >= 15 is 0 Å². The first-order valence-corrected chi connectivity index (χ1v) is 7.23. The van der Waals surface area contributed by atoms with Crippen molar-refractivity contribution in [3.05, 3.63) is 63.9 Å². The van der Waals surface area contributed by atoms with E-state index in [1.807, 2.05) is 44.2 Å². The molecule has 4 heteroatoms. The van der Waals surface area contributed by atoms with Crippen molar-refractivity contribution in [2.75, 3.05) is 0 Å². The molecule has 1 unspecified atom stereocenters. The zero-order chi connectivity index (χ0) is 14.7. The number of nitrogens with two attached hydrogens (primary N) is 1. The molecule has 2 N–H and O–H groups in total. The van der Waals surface area contributed by atoms with Gasteiger partial charge in [0.15, 0.2) is 0 Å². The summed E-state index contributed by atoms with van der Waals surface area (Å²) in [7, 11) is 0. The summed E-state index contributed by atoms with van der Waals surface area (Å²) in [5.41, 5.74) is 7.82. The monoisotopic (exact) mass is 337 g/mol. The van der Waals surface area contributed by atoms with Crippen molar-refractivity contribution in [1.82, 2.24) is 0 Å². The predicted octanol–water partition coefficient (Wildman–Crippen LogP) is 4.42. The van der Waals surface area contributed by atoms with Crippen molar-refractivity contribution in [2.24, 2.45) is 5.73 Å². The van der Waals surface area contributed by atoms with Crippen molar-refractivity contribution < 1.29 is 9.13 Å². The van der Waals surface area contributed by atoms with E-state index in [0.29, 0.717) is 4.47 Å². The molecule has 0 aromatic heterocycles. The molecule has 0 saturated heterocycles. The first-order chi connectivity index (χ1) is 9.45. The first kappa shape index (κ1) is 15.0. The van der Waals surface area contributed by atoms with E-state index in [0.717, 1.165) is 16.9 Å². The molecule has 1 atom stereocenters. The van der Waals surface area contributed by atoms with E-state index < -0.39 is 0 Å². The van der Waals surface area contributed by atoms with Crippen LogP contribution in [0.3, 0.4) is 0 Å². The lowest BCUT2D eigenvalue weighted by Gasteiger charge is -2.15. The van der Waals surface area contributed by atoms with Gasteiger partial charge in [0.2, 0.25) is 0 Å². The molecule has 2 aromatic carbocycles. The highest BCUT2D eigenvalue weighted by Crippen LogP contribution is 2.25. The number of ether oxygens (including phenoxy) is 1. The van der Waals surface area contributed by atoms with Crippen LogP contribution in [-0.2, 0) is 0 Å². The smallest absolute Gasteiger partial charge is 0.124 e. The minimum Gasteiger partial charge on any atom is -0.491 e. The van der Waals surface area contributed by atoms with Crippen LogP contribution in [0.4, 0.5) is 4.39 Å². The molecular formula is C16H17BrFNO. The Labute approximate surface area is 126 Å². The average Bonchev–Trinajstić information content (AvgIpc) is 2.37. The summed E-state index contributed by atoms with van der Waals surface area (Å²) in [5, 5.41) is 0. The van der Waals surface area contributed by atoms with E-state index in [1.54, 1.807) is 0 Å².